The van der Waals surface area contributed by atoms with Crippen molar-refractivity contribution in [2.75, 3.05) is 5.73 Å². The molecule has 0 radical (unpaired) electrons. The monoisotopic (exact) mass is 277 g/mol. The van der Waals surface area contributed by atoms with Crippen molar-refractivity contribution in [1.29, 1.82) is 0 Å². The Morgan fingerprint density at radius 3 is 2.56 bits per heavy atom. The lowest BCUT2D eigenvalue weighted by Crippen LogP contribution is -2.04. The fourth-order valence-electron chi connectivity index (χ4n) is 1.47. The normalized spacial score (nSPS) is 10.4. The van der Waals surface area contributed by atoms with Gasteiger partial charge in [-0.05, 0) is 28.4 Å². The third-order valence-electron chi connectivity index (χ3n) is 2.33. The quantitative estimate of drug-likeness (QED) is 0.918. The molecule has 82 valence electrons. The van der Waals surface area contributed by atoms with E-state index in [-0.39, 0.29) is 0 Å². The first-order valence-electron chi connectivity index (χ1n) is 4.99. The standard InChI is InChI=1S/C12H12BrN3/c1-8-11(13)16-10(12(14)15-8)7-9-5-3-2-4-6-9/h2-6H,7H2,1H3,(H2,14,15). The zero-order valence-electron chi connectivity index (χ0n) is 8.94. The fourth-order valence-corrected chi connectivity index (χ4v) is 1.77. The molecule has 1 heterocycles. The number of anilines is 1. The Balaban J connectivity index is 2.32. The Morgan fingerprint density at radius 1 is 1.19 bits per heavy atom. The van der Waals surface area contributed by atoms with Gasteiger partial charge < -0.3 is 5.73 Å². The number of rotatable bonds is 2. The molecule has 16 heavy (non-hydrogen) atoms. The molecule has 0 atom stereocenters. The molecule has 0 saturated carbocycles. The van der Waals surface area contributed by atoms with Crippen molar-refractivity contribution in [3.05, 3.63) is 51.9 Å². The molecule has 2 rings (SSSR count). The summed E-state index contributed by atoms with van der Waals surface area (Å²) < 4.78 is 0.757. The molecule has 1 aromatic heterocycles. The Labute approximate surface area is 103 Å². The van der Waals surface area contributed by atoms with E-state index in [2.05, 4.69) is 38.0 Å². The van der Waals surface area contributed by atoms with Gasteiger partial charge in [0.2, 0.25) is 0 Å². The van der Waals surface area contributed by atoms with Crippen LogP contribution in [0, 0.1) is 6.92 Å². The second kappa shape index (κ2) is 4.61. The summed E-state index contributed by atoms with van der Waals surface area (Å²) in [6, 6.07) is 10.1. The molecule has 0 saturated heterocycles. The largest absolute Gasteiger partial charge is 0.382 e. The van der Waals surface area contributed by atoms with E-state index >= 15 is 0 Å². The highest BCUT2D eigenvalue weighted by atomic mass is 79.9. The Bertz CT molecular complexity index is 497. The van der Waals surface area contributed by atoms with E-state index in [0.717, 1.165) is 16.0 Å². The molecule has 0 aliphatic rings. The number of nitrogens with zero attached hydrogens (tertiary/aromatic N) is 2. The number of aryl methyl sites for hydroxylation is 1. The van der Waals surface area contributed by atoms with Gasteiger partial charge in [-0.2, -0.15) is 0 Å². The average molecular weight is 278 g/mol. The number of halogens is 1. The van der Waals surface area contributed by atoms with E-state index in [9.17, 15) is 0 Å². The molecule has 4 heteroatoms. The van der Waals surface area contributed by atoms with Crippen molar-refractivity contribution in [3.63, 3.8) is 0 Å². The van der Waals surface area contributed by atoms with E-state index in [1.807, 2.05) is 25.1 Å². The first kappa shape index (κ1) is 11.1. The minimum Gasteiger partial charge on any atom is -0.382 e. The Hall–Kier alpha value is -1.42. The smallest absolute Gasteiger partial charge is 0.145 e. The van der Waals surface area contributed by atoms with Crippen LogP contribution in [0.3, 0.4) is 0 Å². The van der Waals surface area contributed by atoms with Crippen molar-refractivity contribution >= 4 is 21.7 Å². The lowest BCUT2D eigenvalue weighted by molar-refractivity contribution is 0.990. The van der Waals surface area contributed by atoms with Gasteiger partial charge in [-0.15, -0.1) is 0 Å². The molecule has 0 spiro atoms. The summed E-state index contributed by atoms with van der Waals surface area (Å²) in [4.78, 5) is 8.63. The minimum atomic E-state index is 0.504. The third kappa shape index (κ3) is 2.39. The molecule has 3 nitrogen and oxygen atoms in total. The van der Waals surface area contributed by atoms with E-state index in [0.29, 0.717) is 12.2 Å². The number of benzene rings is 1. The fraction of sp³-hybridized carbons (Fsp3) is 0.167. The minimum absolute atomic E-state index is 0.504. The summed E-state index contributed by atoms with van der Waals surface area (Å²) in [7, 11) is 0. The van der Waals surface area contributed by atoms with Gasteiger partial charge in [-0.3, -0.25) is 0 Å². The van der Waals surface area contributed by atoms with Crippen LogP contribution in [0.2, 0.25) is 0 Å². The van der Waals surface area contributed by atoms with Crippen LogP contribution in [-0.4, -0.2) is 9.97 Å². The van der Waals surface area contributed by atoms with Crippen molar-refractivity contribution in [2.45, 2.75) is 13.3 Å². The van der Waals surface area contributed by atoms with Crippen LogP contribution in [-0.2, 0) is 6.42 Å². The number of nitrogen functional groups attached to an aromatic ring is 1. The van der Waals surface area contributed by atoms with Gasteiger partial charge in [0.05, 0.1) is 11.4 Å². The first-order chi connectivity index (χ1) is 7.66. The summed E-state index contributed by atoms with van der Waals surface area (Å²) >= 11 is 3.36. The Kier molecular flexibility index (Phi) is 3.19. The molecule has 0 fully saturated rings. The summed E-state index contributed by atoms with van der Waals surface area (Å²) in [5.41, 5.74) is 8.65. The van der Waals surface area contributed by atoms with E-state index in [4.69, 9.17) is 5.73 Å². The van der Waals surface area contributed by atoms with Gasteiger partial charge in [-0.25, -0.2) is 9.97 Å². The van der Waals surface area contributed by atoms with Gasteiger partial charge in [0.1, 0.15) is 10.4 Å². The highest BCUT2D eigenvalue weighted by Crippen LogP contribution is 2.18. The zero-order valence-corrected chi connectivity index (χ0v) is 10.5. The second-order valence-corrected chi connectivity index (χ2v) is 4.35. The average Bonchev–Trinajstić information content (AvgIpc) is 2.27. The molecule has 0 aliphatic carbocycles. The molecular weight excluding hydrogens is 266 g/mol. The number of aromatic nitrogens is 2. The second-order valence-electron chi connectivity index (χ2n) is 3.59. The third-order valence-corrected chi connectivity index (χ3v) is 3.08. The van der Waals surface area contributed by atoms with Gasteiger partial charge in [0.25, 0.3) is 0 Å². The maximum absolute atomic E-state index is 5.84. The van der Waals surface area contributed by atoms with Crippen LogP contribution in [0.1, 0.15) is 17.0 Å². The lowest BCUT2D eigenvalue weighted by atomic mass is 10.1. The predicted molar refractivity (Wildman–Crippen MR) is 68.1 cm³/mol. The topological polar surface area (TPSA) is 51.8 Å². The van der Waals surface area contributed by atoms with Crippen LogP contribution in [0.15, 0.2) is 34.9 Å². The van der Waals surface area contributed by atoms with Crippen molar-refractivity contribution in [1.82, 2.24) is 9.97 Å². The van der Waals surface area contributed by atoms with Crippen molar-refractivity contribution < 1.29 is 0 Å². The van der Waals surface area contributed by atoms with Gasteiger partial charge in [-0.1, -0.05) is 30.3 Å². The van der Waals surface area contributed by atoms with E-state index in [1.54, 1.807) is 0 Å². The number of hydrogen-bond donors (Lipinski definition) is 1. The number of nitrogens with two attached hydrogens (primary N) is 1. The van der Waals surface area contributed by atoms with Gasteiger partial charge in [0.15, 0.2) is 0 Å². The summed E-state index contributed by atoms with van der Waals surface area (Å²) in [5, 5.41) is 0. The Morgan fingerprint density at radius 2 is 1.88 bits per heavy atom. The zero-order chi connectivity index (χ0) is 11.5. The van der Waals surface area contributed by atoms with E-state index in [1.165, 1.54) is 5.56 Å². The van der Waals surface area contributed by atoms with E-state index < -0.39 is 0 Å². The molecule has 1 aromatic carbocycles. The molecular formula is C12H12BrN3. The molecule has 0 aliphatic heterocycles. The van der Waals surface area contributed by atoms with Crippen LogP contribution in [0.5, 0.6) is 0 Å². The van der Waals surface area contributed by atoms with Crippen LogP contribution in [0.25, 0.3) is 0 Å². The number of hydrogen-bond acceptors (Lipinski definition) is 3. The summed E-state index contributed by atoms with van der Waals surface area (Å²) in [6.45, 7) is 1.87. The first-order valence-corrected chi connectivity index (χ1v) is 5.78. The molecule has 0 unspecified atom stereocenters. The maximum Gasteiger partial charge on any atom is 0.145 e. The van der Waals surface area contributed by atoms with Crippen LogP contribution >= 0.6 is 15.9 Å². The molecule has 2 N–H and O–H groups in total. The van der Waals surface area contributed by atoms with Crippen LogP contribution < -0.4 is 5.73 Å². The SMILES string of the molecule is Cc1nc(N)c(Cc2ccccc2)nc1Br. The summed E-state index contributed by atoms with van der Waals surface area (Å²) in [6.07, 6.45) is 0.707. The van der Waals surface area contributed by atoms with Crippen molar-refractivity contribution in [3.8, 4) is 0 Å². The summed E-state index contributed by atoms with van der Waals surface area (Å²) in [5.74, 6) is 0.504. The molecule has 0 amide bonds. The molecule has 0 bridgehead atoms. The van der Waals surface area contributed by atoms with Crippen LogP contribution in [0.4, 0.5) is 5.82 Å². The maximum atomic E-state index is 5.84. The highest BCUT2D eigenvalue weighted by Gasteiger charge is 2.07. The van der Waals surface area contributed by atoms with Gasteiger partial charge in [0, 0.05) is 6.42 Å². The highest BCUT2D eigenvalue weighted by molar-refractivity contribution is 9.10. The predicted octanol–water partition coefficient (Wildman–Crippen LogP) is 2.72. The van der Waals surface area contributed by atoms with Gasteiger partial charge >= 0.3 is 0 Å². The van der Waals surface area contributed by atoms with Crippen molar-refractivity contribution in [2.24, 2.45) is 0 Å². The lowest BCUT2D eigenvalue weighted by Gasteiger charge is -2.06. The molecule has 2 aromatic rings.